The summed E-state index contributed by atoms with van der Waals surface area (Å²) in [6.45, 7) is 5.94. The molecule has 0 saturated carbocycles. The fourth-order valence-electron chi connectivity index (χ4n) is 3.40. The molecule has 2 atom stereocenters. The molecule has 0 bridgehead atoms. The number of benzene rings is 1. The fourth-order valence-corrected chi connectivity index (χ4v) is 3.40. The zero-order valence-corrected chi connectivity index (χ0v) is 14.5. The van der Waals surface area contributed by atoms with Crippen molar-refractivity contribution in [3.63, 3.8) is 0 Å². The first kappa shape index (κ1) is 16.6. The minimum Gasteiger partial charge on any atom is -0.468 e. The molecule has 2 aromatic rings. The lowest BCUT2D eigenvalue weighted by molar-refractivity contribution is -0.149. The molecule has 24 heavy (non-hydrogen) atoms. The molecule has 6 nitrogen and oxygen atoms in total. The molecule has 1 fully saturated rings. The first-order valence-corrected chi connectivity index (χ1v) is 8.35. The van der Waals surface area contributed by atoms with Gasteiger partial charge < -0.3 is 4.74 Å². The largest absolute Gasteiger partial charge is 0.468 e. The summed E-state index contributed by atoms with van der Waals surface area (Å²) in [7, 11) is 1.47. The molecule has 1 aliphatic rings. The molecule has 1 saturated heterocycles. The highest BCUT2D eigenvalue weighted by Gasteiger charge is 2.32. The Labute approximate surface area is 142 Å². The highest BCUT2D eigenvalue weighted by Crippen LogP contribution is 2.26. The van der Waals surface area contributed by atoms with Gasteiger partial charge in [0.25, 0.3) is 0 Å². The second-order valence-corrected chi connectivity index (χ2v) is 6.60. The van der Waals surface area contributed by atoms with Crippen molar-refractivity contribution in [2.75, 3.05) is 13.7 Å². The van der Waals surface area contributed by atoms with E-state index in [-0.39, 0.29) is 12.0 Å². The SMILES string of the molecule is COC(=O)[C@H]1C[C@@H](C)CCN1Cc1ccc(-n2cncn2)c(C)c1. The Balaban J connectivity index is 1.77. The van der Waals surface area contributed by atoms with Crippen molar-refractivity contribution in [1.82, 2.24) is 19.7 Å². The van der Waals surface area contributed by atoms with Gasteiger partial charge in [-0.2, -0.15) is 5.10 Å². The van der Waals surface area contributed by atoms with Gasteiger partial charge in [0.2, 0.25) is 0 Å². The maximum absolute atomic E-state index is 12.1. The molecule has 0 amide bonds. The maximum atomic E-state index is 12.1. The van der Waals surface area contributed by atoms with E-state index in [0.717, 1.165) is 37.2 Å². The summed E-state index contributed by atoms with van der Waals surface area (Å²) in [5.74, 6) is 0.430. The zero-order chi connectivity index (χ0) is 17.1. The van der Waals surface area contributed by atoms with Crippen LogP contribution in [0, 0.1) is 12.8 Å². The summed E-state index contributed by atoms with van der Waals surface area (Å²) in [5.41, 5.74) is 3.35. The monoisotopic (exact) mass is 328 g/mol. The van der Waals surface area contributed by atoms with E-state index in [1.807, 2.05) is 0 Å². The number of aromatic nitrogens is 3. The van der Waals surface area contributed by atoms with Crippen molar-refractivity contribution in [2.24, 2.45) is 5.92 Å². The van der Waals surface area contributed by atoms with E-state index in [1.165, 1.54) is 19.0 Å². The number of rotatable bonds is 4. The molecular weight excluding hydrogens is 304 g/mol. The predicted molar refractivity (Wildman–Crippen MR) is 90.7 cm³/mol. The lowest BCUT2D eigenvalue weighted by atomic mass is 9.92. The Kier molecular flexibility index (Phi) is 4.94. The minimum atomic E-state index is -0.144. The normalized spacial score (nSPS) is 21.6. The average molecular weight is 328 g/mol. The van der Waals surface area contributed by atoms with Crippen LogP contribution in [0.5, 0.6) is 0 Å². The van der Waals surface area contributed by atoms with E-state index < -0.39 is 0 Å². The van der Waals surface area contributed by atoms with Crippen molar-refractivity contribution in [2.45, 2.75) is 39.3 Å². The van der Waals surface area contributed by atoms with Gasteiger partial charge in [0.05, 0.1) is 12.8 Å². The Morgan fingerprint density at radius 3 is 2.92 bits per heavy atom. The fraction of sp³-hybridized carbons (Fsp3) is 0.500. The number of aryl methyl sites for hydroxylation is 1. The Morgan fingerprint density at radius 1 is 1.42 bits per heavy atom. The van der Waals surface area contributed by atoms with Gasteiger partial charge >= 0.3 is 5.97 Å². The van der Waals surface area contributed by atoms with E-state index in [0.29, 0.717) is 5.92 Å². The second-order valence-electron chi connectivity index (χ2n) is 6.60. The van der Waals surface area contributed by atoms with Crippen LogP contribution in [0.15, 0.2) is 30.9 Å². The van der Waals surface area contributed by atoms with Gasteiger partial charge in [0.1, 0.15) is 18.7 Å². The van der Waals surface area contributed by atoms with Crippen LogP contribution in [0.25, 0.3) is 5.69 Å². The van der Waals surface area contributed by atoms with Crippen LogP contribution in [0.4, 0.5) is 0 Å². The summed E-state index contributed by atoms with van der Waals surface area (Å²) < 4.78 is 6.76. The number of methoxy groups -OCH3 is 1. The number of esters is 1. The Bertz CT molecular complexity index is 699. The van der Waals surface area contributed by atoms with Gasteiger partial charge in [-0.3, -0.25) is 9.69 Å². The van der Waals surface area contributed by atoms with E-state index in [4.69, 9.17) is 4.74 Å². The molecular formula is C18H24N4O2. The smallest absolute Gasteiger partial charge is 0.323 e. The van der Waals surface area contributed by atoms with Gasteiger partial charge in [0, 0.05) is 6.54 Å². The number of hydrogen-bond acceptors (Lipinski definition) is 5. The van der Waals surface area contributed by atoms with Gasteiger partial charge in [0.15, 0.2) is 0 Å². The molecule has 128 valence electrons. The summed E-state index contributed by atoms with van der Waals surface area (Å²) in [6, 6.07) is 6.16. The summed E-state index contributed by atoms with van der Waals surface area (Å²) in [4.78, 5) is 18.3. The van der Waals surface area contributed by atoms with Gasteiger partial charge in [-0.1, -0.05) is 19.1 Å². The topological polar surface area (TPSA) is 60.2 Å². The van der Waals surface area contributed by atoms with Crippen LogP contribution in [0.3, 0.4) is 0 Å². The number of carbonyl (C=O) groups excluding carboxylic acids is 1. The molecule has 0 unspecified atom stereocenters. The molecule has 0 radical (unpaired) electrons. The third-order valence-electron chi connectivity index (χ3n) is 4.76. The zero-order valence-electron chi connectivity index (χ0n) is 14.5. The standard InChI is InChI=1S/C18H24N4O2/c1-13-6-7-21(17(8-13)18(23)24-3)10-15-4-5-16(14(2)9-15)22-12-19-11-20-22/h4-5,9,11-13,17H,6-8,10H2,1-3H3/t13-,17+/m0/s1. The molecule has 1 aromatic carbocycles. The van der Waals surface area contributed by atoms with Gasteiger partial charge in [-0.05, 0) is 49.4 Å². The van der Waals surface area contributed by atoms with Crippen molar-refractivity contribution < 1.29 is 9.53 Å². The minimum absolute atomic E-state index is 0.127. The van der Waals surface area contributed by atoms with E-state index in [9.17, 15) is 4.79 Å². The van der Waals surface area contributed by atoms with E-state index in [1.54, 1.807) is 11.0 Å². The molecule has 2 heterocycles. The van der Waals surface area contributed by atoms with Gasteiger partial charge in [-0.25, -0.2) is 9.67 Å². The number of piperidine rings is 1. The summed E-state index contributed by atoms with van der Waals surface area (Å²) >= 11 is 0. The number of nitrogens with zero attached hydrogens (tertiary/aromatic N) is 4. The van der Waals surface area contributed by atoms with Crippen molar-refractivity contribution in [3.05, 3.63) is 42.0 Å². The quantitative estimate of drug-likeness (QED) is 0.806. The third-order valence-corrected chi connectivity index (χ3v) is 4.76. The highest BCUT2D eigenvalue weighted by molar-refractivity contribution is 5.75. The van der Waals surface area contributed by atoms with Gasteiger partial charge in [-0.15, -0.1) is 0 Å². The van der Waals surface area contributed by atoms with Crippen molar-refractivity contribution in [1.29, 1.82) is 0 Å². The lowest BCUT2D eigenvalue weighted by Crippen LogP contribution is -2.46. The predicted octanol–water partition coefficient (Wildman–Crippen LogP) is 2.35. The van der Waals surface area contributed by atoms with Crippen molar-refractivity contribution >= 4 is 5.97 Å². The second kappa shape index (κ2) is 7.13. The van der Waals surface area contributed by atoms with E-state index >= 15 is 0 Å². The van der Waals surface area contributed by atoms with E-state index in [2.05, 4.69) is 47.0 Å². The highest BCUT2D eigenvalue weighted by atomic mass is 16.5. The van der Waals surface area contributed by atoms with Crippen LogP contribution in [-0.4, -0.2) is 45.3 Å². The van der Waals surface area contributed by atoms with Crippen LogP contribution in [0.2, 0.25) is 0 Å². The molecule has 0 spiro atoms. The summed E-state index contributed by atoms with van der Waals surface area (Å²) in [6.07, 6.45) is 5.21. The average Bonchev–Trinajstić information content (AvgIpc) is 3.10. The lowest BCUT2D eigenvalue weighted by Gasteiger charge is -2.36. The Hall–Kier alpha value is -2.21. The maximum Gasteiger partial charge on any atom is 0.323 e. The third kappa shape index (κ3) is 3.48. The van der Waals surface area contributed by atoms with Crippen LogP contribution < -0.4 is 0 Å². The molecule has 0 N–H and O–H groups in total. The first-order chi connectivity index (χ1) is 11.6. The number of hydrogen-bond donors (Lipinski definition) is 0. The molecule has 1 aliphatic heterocycles. The number of carbonyl (C=O) groups is 1. The summed E-state index contributed by atoms with van der Waals surface area (Å²) in [5, 5.41) is 4.18. The van der Waals surface area contributed by atoms with Crippen molar-refractivity contribution in [3.8, 4) is 5.69 Å². The number of likely N-dealkylation sites (tertiary alicyclic amines) is 1. The molecule has 1 aromatic heterocycles. The van der Waals surface area contributed by atoms with Crippen LogP contribution in [0.1, 0.15) is 30.9 Å². The molecule has 0 aliphatic carbocycles. The number of ether oxygens (including phenoxy) is 1. The van der Waals surface area contributed by atoms with Crippen LogP contribution >= 0.6 is 0 Å². The molecule has 3 rings (SSSR count). The Morgan fingerprint density at radius 2 is 2.25 bits per heavy atom. The van der Waals surface area contributed by atoms with Crippen LogP contribution in [-0.2, 0) is 16.1 Å². The molecule has 6 heteroatoms. The first-order valence-electron chi connectivity index (χ1n) is 8.35.